The number of nitrogens with one attached hydrogen (secondary N) is 1. The van der Waals surface area contributed by atoms with E-state index in [9.17, 15) is 4.79 Å². The molecule has 2 aromatic rings. The first-order valence-corrected chi connectivity index (χ1v) is 8.48. The number of carbonyl (C=O) groups excluding carboxylic acids is 1. The molecule has 7 heteroatoms. The van der Waals surface area contributed by atoms with Gasteiger partial charge in [0.1, 0.15) is 12.4 Å². The van der Waals surface area contributed by atoms with E-state index >= 15 is 0 Å². The first kappa shape index (κ1) is 25.2. The van der Waals surface area contributed by atoms with Gasteiger partial charge in [0.05, 0.1) is 6.04 Å². The van der Waals surface area contributed by atoms with Gasteiger partial charge in [0, 0.05) is 13.1 Å². The molecule has 0 fully saturated rings. The molecule has 0 aromatic heterocycles. The van der Waals surface area contributed by atoms with Crippen LogP contribution in [0.2, 0.25) is 0 Å². The number of benzene rings is 2. The molecule has 2 rings (SSSR count). The molecule has 0 heterocycles. The molecule has 1 amide bonds. The predicted octanol–water partition coefficient (Wildman–Crippen LogP) is 2.66. The van der Waals surface area contributed by atoms with Crippen molar-refractivity contribution in [1.29, 1.82) is 0 Å². The van der Waals surface area contributed by atoms with Gasteiger partial charge >= 0.3 is 0 Å². The van der Waals surface area contributed by atoms with Crippen molar-refractivity contribution in [1.82, 2.24) is 10.2 Å². The van der Waals surface area contributed by atoms with Gasteiger partial charge in [-0.05, 0) is 43.8 Å². The smallest absolute Gasteiger partial charge is 0.237 e. The Morgan fingerprint density at radius 1 is 1.07 bits per heavy atom. The number of amides is 1. The number of nitrogens with two attached hydrogens (primary N) is 1. The van der Waals surface area contributed by atoms with E-state index in [0.717, 1.165) is 23.4 Å². The minimum Gasteiger partial charge on any atom is -0.492 e. The Hall–Kier alpha value is -1.79. The second kappa shape index (κ2) is 13.4. The van der Waals surface area contributed by atoms with E-state index in [1.807, 2.05) is 68.7 Å². The lowest BCUT2D eigenvalue weighted by Crippen LogP contribution is -2.41. The number of halogens is 2. The quantitative estimate of drug-likeness (QED) is 0.662. The first-order valence-electron chi connectivity index (χ1n) is 8.48. The monoisotopic (exact) mass is 413 g/mol. The molecule has 0 aliphatic rings. The Kier molecular flexibility index (Phi) is 12.5. The molecule has 0 spiro atoms. The van der Waals surface area contributed by atoms with Gasteiger partial charge in [0.15, 0.2) is 0 Å². The van der Waals surface area contributed by atoms with E-state index in [2.05, 4.69) is 10.2 Å². The van der Waals surface area contributed by atoms with Crippen LogP contribution in [0.4, 0.5) is 0 Å². The summed E-state index contributed by atoms with van der Waals surface area (Å²) in [5, 5.41) is 2.89. The second-order valence-electron chi connectivity index (χ2n) is 6.31. The number of hydrogen-bond donors (Lipinski definition) is 2. The van der Waals surface area contributed by atoms with E-state index < -0.39 is 6.04 Å². The Balaban J connectivity index is 0.00000338. The van der Waals surface area contributed by atoms with Crippen LogP contribution in [0.5, 0.6) is 5.75 Å². The summed E-state index contributed by atoms with van der Waals surface area (Å²) in [7, 11) is 4.02. The van der Waals surface area contributed by atoms with Crippen LogP contribution in [0.15, 0.2) is 54.6 Å². The van der Waals surface area contributed by atoms with Crippen LogP contribution in [0.1, 0.15) is 11.1 Å². The maximum absolute atomic E-state index is 12.2. The molecule has 27 heavy (non-hydrogen) atoms. The zero-order chi connectivity index (χ0) is 18.1. The SMILES string of the molecule is CN(C)CCOc1cccc(CNC(=O)C(N)Cc2ccccc2)c1.Cl.Cl. The summed E-state index contributed by atoms with van der Waals surface area (Å²) in [4.78, 5) is 14.2. The summed E-state index contributed by atoms with van der Waals surface area (Å²) in [6.07, 6.45) is 0.528. The molecule has 1 atom stereocenters. The molecule has 0 radical (unpaired) electrons. The number of rotatable bonds is 9. The molecule has 0 saturated carbocycles. The molecule has 0 aliphatic heterocycles. The molecular formula is C20H29Cl2N3O2. The average Bonchev–Trinajstić information content (AvgIpc) is 2.60. The predicted molar refractivity (Wildman–Crippen MR) is 115 cm³/mol. The van der Waals surface area contributed by atoms with Crippen molar-refractivity contribution in [2.45, 2.75) is 19.0 Å². The normalized spacial score (nSPS) is 11.1. The molecule has 1 unspecified atom stereocenters. The summed E-state index contributed by atoms with van der Waals surface area (Å²) >= 11 is 0. The minimum atomic E-state index is -0.554. The maximum atomic E-state index is 12.2. The highest BCUT2D eigenvalue weighted by atomic mass is 35.5. The Labute approximate surface area is 174 Å². The molecule has 0 saturated heterocycles. The van der Waals surface area contributed by atoms with Crippen LogP contribution >= 0.6 is 24.8 Å². The lowest BCUT2D eigenvalue weighted by molar-refractivity contribution is -0.122. The fourth-order valence-corrected chi connectivity index (χ4v) is 2.37. The lowest BCUT2D eigenvalue weighted by Gasteiger charge is -2.14. The molecule has 150 valence electrons. The van der Waals surface area contributed by atoms with Crippen molar-refractivity contribution in [2.75, 3.05) is 27.2 Å². The van der Waals surface area contributed by atoms with Gasteiger partial charge in [-0.25, -0.2) is 0 Å². The van der Waals surface area contributed by atoms with Gasteiger partial charge in [-0.15, -0.1) is 24.8 Å². The van der Waals surface area contributed by atoms with Crippen molar-refractivity contribution >= 4 is 30.7 Å². The van der Waals surface area contributed by atoms with E-state index in [1.54, 1.807) is 0 Å². The van der Waals surface area contributed by atoms with E-state index in [-0.39, 0.29) is 30.7 Å². The third kappa shape index (κ3) is 9.63. The average molecular weight is 414 g/mol. The standard InChI is InChI=1S/C20H27N3O2.2ClH/c1-23(2)11-12-25-18-10-6-9-17(13-18)15-22-20(24)19(21)14-16-7-4-3-5-8-16;;/h3-10,13,19H,11-12,14-15,21H2,1-2H3,(H,22,24);2*1H. The first-order chi connectivity index (χ1) is 12.0. The molecule has 0 aliphatic carbocycles. The van der Waals surface area contributed by atoms with Crippen LogP contribution in [-0.2, 0) is 17.8 Å². The Morgan fingerprint density at radius 2 is 1.74 bits per heavy atom. The minimum absolute atomic E-state index is 0. The summed E-state index contributed by atoms with van der Waals surface area (Å²) < 4.78 is 5.71. The topological polar surface area (TPSA) is 67.6 Å². The molecule has 5 nitrogen and oxygen atoms in total. The number of carbonyl (C=O) groups is 1. The largest absolute Gasteiger partial charge is 0.492 e. The lowest BCUT2D eigenvalue weighted by atomic mass is 10.1. The van der Waals surface area contributed by atoms with Crippen LogP contribution < -0.4 is 15.8 Å². The van der Waals surface area contributed by atoms with Gasteiger partial charge in [-0.2, -0.15) is 0 Å². The third-order valence-corrected chi connectivity index (χ3v) is 3.81. The number of likely N-dealkylation sites (N-methyl/N-ethyl adjacent to an activating group) is 1. The summed E-state index contributed by atoms with van der Waals surface area (Å²) in [5.74, 6) is 0.657. The summed E-state index contributed by atoms with van der Waals surface area (Å²) in [5.41, 5.74) is 8.04. The van der Waals surface area contributed by atoms with Gasteiger partial charge in [0.25, 0.3) is 0 Å². The number of ether oxygens (including phenoxy) is 1. The molecular weight excluding hydrogens is 385 g/mol. The zero-order valence-corrected chi connectivity index (χ0v) is 17.4. The van der Waals surface area contributed by atoms with Crippen molar-refractivity contribution in [3.63, 3.8) is 0 Å². The van der Waals surface area contributed by atoms with Crippen LogP contribution in [0.25, 0.3) is 0 Å². The Morgan fingerprint density at radius 3 is 2.41 bits per heavy atom. The molecule has 3 N–H and O–H groups in total. The maximum Gasteiger partial charge on any atom is 0.237 e. The third-order valence-electron chi connectivity index (χ3n) is 3.81. The highest BCUT2D eigenvalue weighted by Gasteiger charge is 2.13. The molecule has 2 aromatic carbocycles. The second-order valence-corrected chi connectivity index (χ2v) is 6.31. The van der Waals surface area contributed by atoms with Crippen LogP contribution in [-0.4, -0.2) is 44.1 Å². The van der Waals surface area contributed by atoms with Gasteiger partial charge < -0.3 is 20.7 Å². The zero-order valence-electron chi connectivity index (χ0n) is 15.8. The van der Waals surface area contributed by atoms with Gasteiger partial charge in [0.2, 0.25) is 5.91 Å². The van der Waals surface area contributed by atoms with Crippen molar-refractivity contribution in [2.24, 2.45) is 5.73 Å². The highest BCUT2D eigenvalue weighted by Crippen LogP contribution is 2.13. The number of hydrogen-bond acceptors (Lipinski definition) is 4. The number of nitrogens with zero attached hydrogens (tertiary/aromatic N) is 1. The van der Waals surface area contributed by atoms with Gasteiger partial charge in [-0.1, -0.05) is 42.5 Å². The van der Waals surface area contributed by atoms with E-state index in [4.69, 9.17) is 10.5 Å². The summed E-state index contributed by atoms with van der Waals surface area (Å²) in [6, 6.07) is 17.0. The van der Waals surface area contributed by atoms with Gasteiger partial charge in [-0.3, -0.25) is 4.79 Å². The van der Waals surface area contributed by atoms with E-state index in [0.29, 0.717) is 19.6 Å². The fourth-order valence-electron chi connectivity index (χ4n) is 2.37. The van der Waals surface area contributed by atoms with Crippen molar-refractivity contribution in [3.8, 4) is 5.75 Å². The fraction of sp³-hybridized carbons (Fsp3) is 0.350. The van der Waals surface area contributed by atoms with E-state index in [1.165, 1.54) is 0 Å². The molecule has 0 bridgehead atoms. The summed E-state index contributed by atoms with van der Waals surface area (Å²) in [6.45, 7) is 1.92. The van der Waals surface area contributed by atoms with Crippen LogP contribution in [0.3, 0.4) is 0 Å². The Bertz CT molecular complexity index is 669. The van der Waals surface area contributed by atoms with Crippen molar-refractivity contribution < 1.29 is 9.53 Å². The van der Waals surface area contributed by atoms with Crippen molar-refractivity contribution in [3.05, 3.63) is 65.7 Å². The highest BCUT2D eigenvalue weighted by molar-refractivity contribution is 5.85. The van der Waals surface area contributed by atoms with Crippen LogP contribution in [0, 0.1) is 0 Å².